The van der Waals surface area contributed by atoms with Crippen LogP contribution in [-0.2, 0) is 18.4 Å². The molecular weight excluding hydrogens is 647 g/mol. The highest BCUT2D eigenvalue weighted by Crippen LogP contribution is 2.38. The topological polar surface area (TPSA) is 108 Å². The maximum absolute atomic E-state index is 12.8. The largest absolute Gasteiger partial charge is 0.756 e. The number of nitrogens with zero attached hydrogens (tertiary/aromatic N) is 1. The van der Waals surface area contributed by atoms with E-state index >= 15 is 0 Å². The first-order valence-electron chi connectivity index (χ1n) is 20.0. The summed E-state index contributed by atoms with van der Waals surface area (Å²) in [4.78, 5) is 25.2. The van der Waals surface area contributed by atoms with Crippen LogP contribution in [0.2, 0.25) is 0 Å². The smallest absolute Gasteiger partial charge is 0.268 e. The van der Waals surface area contributed by atoms with Crippen molar-refractivity contribution in [1.82, 2.24) is 5.32 Å². The molecule has 2 N–H and O–H groups in total. The summed E-state index contributed by atoms with van der Waals surface area (Å²) < 4.78 is 23.1. The summed E-state index contributed by atoms with van der Waals surface area (Å²) >= 11 is 0. The van der Waals surface area contributed by atoms with Gasteiger partial charge in [-0.05, 0) is 64.2 Å². The lowest BCUT2D eigenvalue weighted by Crippen LogP contribution is -2.45. The first-order chi connectivity index (χ1) is 24.0. The average molecular weight is 725 g/mol. The fourth-order valence-electron chi connectivity index (χ4n) is 5.22. The lowest BCUT2D eigenvalue weighted by atomic mass is 10.1. The number of phosphoric ester groups is 1. The number of carbonyl (C=O) groups excluding carboxylic acids is 1. The Kier molecular flexibility index (Phi) is 32.3. The van der Waals surface area contributed by atoms with Gasteiger partial charge in [0.15, 0.2) is 0 Å². The van der Waals surface area contributed by atoms with E-state index in [0.717, 1.165) is 70.6 Å². The number of unbranched alkanes of at least 4 members (excludes halogenated alkanes) is 16. The SMILES string of the molecule is CCCC/C=C/CC/C=C/CC/C=C/C(O)C(COP(=O)([O-])OCC[N+](C)(C)C)NC(=O)CCCCCCC/C=C\CCCCCCCCC. The number of hydrogen-bond acceptors (Lipinski definition) is 6. The fraction of sp³-hybridized carbons (Fsp3) is 0.780. The van der Waals surface area contributed by atoms with E-state index in [1.807, 2.05) is 27.2 Å². The van der Waals surface area contributed by atoms with Crippen molar-refractivity contribution in [3.8, 4) is 0 Å². The third kappa shape index (κ3) is 34.9. The standard InChI is InChI=1S/C41H77N2O6P/c1-6-8-10-12-14-16-18-20-21-22-23-25-27-29-31-33-35-41(45)42-39(38-49-50(46,47)48-37-36-43(3,4)5)40(44)34-32-30-28-26-24-19-17-15-13-11-9-7-2/h13,15,21-22,24,26,32,34,39-40,44H,6-12,14,16-20,23,25,27-31,33,35-38H2,1-5H3,(H-,42,45,46,47)/b15-13+,22-21-,26-24+,34-32+. The number of phosphoric acid groups is 1. The number of quaternary nitrogens is 1. The molecule has 0 aliphatic heterocycles. The number of nitrogens with one attached hydrogen (secondary N) is 1. The van der Waals surface area contributed by atoms with Gasteiger partial charge in [-0.15, -0.1) is 0 Å². The Morgan fingerprint density at radius 2 is 1.14 bits per heavy atom. The minimum absolute atomic E-state index is 0.0119. The quantitative estimate of drug-likeness (QED) is 0.0292. The van der Waals surface area contributed by atoms with Crippen LogP contribution in [0.4, 0.5) is 0 Å². The molecule has 3 unspecified atom stereocenters. The first kappa shape index (κ1) is 48.5. The minimum Gasteiger partial charge on any atom is -0.756 e. The van der Waals surface area contributed by atoms with Gasteiger partial charge in [-0.25, -0.2) is 0 Å². The van der Waals surface area contributed by atoms with Crippen molar-refractivity contribution < 1.29 is 32.9 Å². The van der Waals surface area contributed by atoms with Gasteiger partial charge in [-0.1, -0.05) is 133 Å². The van der Waals surface area contributed by atoms with E-state index in [-0.39, 0.29) is 12.5 Å². The fourth-order valence-corrected chi connectivity index (χ4v) is 5.94. The van der Waals surface area contributed by atoms with E-state index in [9.17, 15) is 19.4 Å². The number of carbonyl (C=O) groups is 1. The molecule has 1 amide bonds. The molecule has 0 heterocycles. The molecule has 0 rings (SSSR count). The van der Waals surface area contributed by atoms with Crippen molar-refractivity contribution in [3.63, 3.8) is 0 Å². The van der Waals surface area contributed by atoms with Crippen LogP contribution in [0.1, 0.15) is 155 Å². The van der Waals surface area contributed by atoms with Gasteiger partial charge in [0, 0.05) is 6.42 Å². The molecular formula is C41H77N2O6P. The predicted octanol–water partition coefficient (Wildman–Crippen LogP) is 9.89. The summed E-state index contributed by atoms with van der Waals surface area (Å²) in [5.74, 6) is -0.224. The average Bonchev–Trinajstić information content (AvgIpc) is 3.06. The number of aliphatic hydroxyl groups excluding tert-OH is 1. The lowest BCUT2D eigenvalue weighted by molar-refractivity contribution is -0.870. The Hall–Kier alpha value is -1.54. The van der Waals surface area contributed by atoms with Gasteiger partial charge >= 0.3 is 0 Å². The molecule has 3 atom stereocenters. The van der Waals surface area contributed by atoms with E-state index in [1.165, 1.54) is 64.2 Å². The molecule has 0 aliphatic carbocycles. The van der Waals surface area contributed by atoms with Crippen LogP contribution >= 0.6 is 7.82 Å². The zero-order chi connectivity index (χ0) is 37.2. The van der Waals surface area contributed by atoms with Gasteiger partial charge < -0.3 is 28.8 Å². The molecule has 0 aromatic heterocycles. The molecule has 292 valence electrons. The molecule has 9 heteroatoms. The summed E-state index contributed by atoms with van der Waals surface area (Å²) in [5, 5.41) is 13.7. The molecule has 0 aromatic rings. The molecule has 0 fully saturated rings. The summed E-state index contributed by atoms with van der Waals surface area (Å²) in [6.45, 7) is 4.53. The van der Waals surface area contributed by atoms with Crippen LogP contribution in [0.5, 0.6) is 0 Å². The maximum atomic E-state index is 12.8. The van der Waals surface area contributed by atoms with E-state index in [0.29, 0.717) is 17.4 Å². The number of hydrogen-bond donors (Lipinski definition) is 2. The second-order valence-electron chi connectivity index (χ2n) is 14.6. The molecule has 0 aromatic carbocycles. The number of rotatable bonds is 35. The summed E-state index contributed by atoms with van der Waals surface area (Å²) in [6.07, 6.45) is 40.1. The Labute approximate surface area is 308 Å². The summed E-state index contributed by atoms with van der Waals surface area (Å²) in [5.41, 5.74) is 0. The van der Waals surface area contributed by atoms with E-state index in [1.54, 1.807) is 6.08 Å². The zero-order valence-corrected chi connectivity index (χ0v) is 33.7. The van der Waals surface area contributed by atoms with Crippen molar-refractivity contribution in [2.75, 3.05) is 40.9 Å². The van der Waals surface area contributed by atoms with Crippen molar-refractivity contribution in [2.24, 2.45) is 0 Å². The molecule has 50 heavy (non-hydrogen) atoms. The molecule has 0 aliphatic rings. The number of likely N-dealkylation sites (N-methyl/N-ethyl adjacent to an activating group) is 1. The van der Waals surface area contributed by atoms with Crippen LogP contribution in [0.25, 0.3) is 0 Å². The number of amides is 1. The third-order valence-corrected chi connectivity index (χ3v) is 9.45. The van der Waals surface area contributed by atoms with Crippen molar-refractivity contribution in [3.05, 3.63) is 48.6 Å². The second kappa shape index (κ2) is 33.3. The second-order valence-corrected chi connectivity index (χ2v) is 16.0. The summed E-state index contributed by atoms with van der Waals surface area (Å²) in [6, 6.07) is -0.911. The Balaban J connectivity index is 4.56. The molecule has 0 radical (unpaired) electrons. The van der Waals surface area contributed by atoms with Gasteiger partial charge in [-0.2, -0.15) is 0 Å². The molecule has 8 nitrogen and oxygen atoms in total. The van der Waals surface area contributed by atoms with E-state index in [2.05, 4.69) is 55.6 Å². The molecule has 0 bridgehead atoms. The van der Waals surface area contributed by atoms with Crippen LogP contribution in [0.3, 0.4) is 0 Å². The van der Waals surface area contributed by atoms with Gasteiger partial charge in [0.2, 0.25) is 5.91 Å². The summed E-state index contributed by atoms with van der Waals surface area (Å²) in [7, 11) is 1.22. The van der Waals surface area contributed by atoms with Gasteiger partial charge in [-0.3, -0.25) is 9.36 Å². The Bertz CT molecular complexity index is 959. The van der Waals surface area contributed by atoms with Crippen LogP contribution in [0, 0.1) is 0 Å². The third-order valence-electron chi connectivity index (χ3n) is 8.49. The minimum atomic E-state index is -4.59. The monoisotopic (exact) mass is 725 g/mol. The Morgan fingerprint density at radius 1 is 0.680 bits per heavy atom. The van der Waals surface area contributed by atoms with Crippen LogP contribution in [-0.4, -0.2) is 68.5 Å². The van der Waals surface area contributed by atoms with E-state index in [4.69, 9.17) is 9.05 Å². The van der Waals surface area contributed by atoms with Crippen molar-refractivity contribution in [2.45, 2.75) is 167 Å². The molecule has 0 saturated heterocycles. The normalized spacial score (nSPS) is 15.1. The molecule has 0 saturated carbocycles. The zero-order valence-electron chi connectivity index (χ0n) is 32.8. The van der Waals surface area contributed by atoms with E-state index < -0.39 is 26.6 Å². The first-order valence-corrected chi connectivity index (χ1v) is 21.5. The number of aliphatic hydroxyl groups is 1. The van der Waals surface area contributed by atoms with Crippen LogP contribution in [0.15, 0.2) is 48.6 Å². The maximum Gasteiger partial charge on any atom is 0.268 e. The lowest BCUT2D eigenvalue weighted by Gasteiger charge is -2.29. The Morgan fingerprint density at radius 3 is 1.68 bits per heavy atom. The highest BCUT2D eigenvalue weighted by atomic mass is 31.2. The van der Waals surface area contributed by atoms with Gasteiger partial charge in [0.05, 0.1) is 39.9 Å². The van der Waals surface area contributed by atoms with Crippen LogP contribution < -0.4 is 10.2 Å². The highest BCUT2D eigenvalue weighted by Gasteiger charge is 2.23. The predicted molar refractivity (Wildman–Crippen MR) is 210 cm³/mol. The number of allylic oxidation sites excluding steroid dienone is 7. The van der Waals surface area contributed by atoms with Gasteiger partial charge in [0.25, 0.3) is 7.82 Å². The van der Waals surface area contributed by atoms with Crippen molar-refractivity contribution >= 4 is 13.7 Å². The van der Waals surface area contributed by atoms with Gasteiger partial charge in [0.1, 0.15) is 13.2 Å². The van der Waals surface area contributed by atoms with Crippen molar-refractivity contribution in [1.29, 1.82) is 0 Å². The highest BCUT2D eigenvalue weighted by molar-refractivity contribution is 7.45. The molecule has 0 spiro atoms.